The number of sulfone groups is 1. The first-order valence-corrected chi connectivity index (χ1v) is 9.83. The van der Waals surface area contributed by atoms with Crippen molar-refractivity contribution in [1.82, 2.24) is 10.2 Å². The molecule has 0 bridgehead atoms. The van der Waals surface area contributed by atoms with Crippen molar-refractivity contribution in [2.45, 2.75) is 27.0 Å². The maximum Gasteiger partial charge on any atom is 0.387 e. The summed E-state index contributed by atoms with van der Waals surface area (Å²) in [5.74, 6) is 0.793. The van der Waals surface area contributed by atoms with Crippen LogP contribution in [0.25, 0.3) is 0 Å². The van der Waals surface area contributed by atoms with Crippen LogP contribution in [0.3, 0.4) is 0 Å². The van der Waals surface area contributed by atoms with Crippen LogP contribution in [0.15, 0.2) is 29.3 Å². The maximum absolute atomic E-state index is 12.2. The summed E-state index contributed by atoms with van der Waals surface area (Å²) >= 11 is 0. The van der Waals surface area contributed by atoms with Crippen LogP contribution >= 0.6 is 0 Å². The van der Waals surface area contributed by atoms with Crippen LogP contribution in [0.1, 0.15) is 19.4 Å². The van der Waals surface area contributed by atoms with Crippen molar-refractivity contribution < 1.29 is 21.9 Å². The van der Waals surface area contributed by atoms with Gasteiger partial charge in [0.15, 0.2) is 15.8 Å². The first-order valence-electron chi connectivity index (χ1n) is 8.01. The van der Waals surface area contributed by atoms with E-state index in [0.717, 1.165) is 5.56 Å². The molecule has 1 aromatic rings. The predicted octanol–water partition coefficient (Wildman–Crippen LogP) is 2.12. The Morgan fingerprint density at radius 2 is 1.92 bits per heavy atom. The molecular formula is C16H25F2N3O3S. The van der Waals surface area contributed by atoms with E-state index in [1.165, 1.54) is 12.1 Å². The smallest absolute Gasteiger partial charge is 0.387 e. The quantitative estimate of drug-likeness (QED) is 0.527. The Balaban J connectivity index is 2.70. The molecule has 1 aromatic carbocycles. The van der Waals surface area contributed by atoms with Gasteiger partial charge in [-0.3, -0.25) is 4.99 Å². The van der Waals surface area contributed by atoms with Crippen molar-refractivity contribution in [2.24, 2.45) is 4.99 Å². The van der Waals surface area contributed by atoms with Gasteiger partial charge in [0.1, 0.15) is 5.75 Å². The normalized spacial score (nSPS) is 12.3. The zero-order valence-electron chi connectivity index (χ0n) is 14.7. The lowest BCUT2D eigenvalue weighted by Gasteiger charge is -2.22. The third kappa shape index (κ3) is 8.15. The first-order chi connectivity index (χ1) is 11.8. The molecule has 0 spiro atoms. The van der Waals surface area contributed by atoms with Crippen LogP contribution in [-0.2, 0) is 16.4 Å². The lowest BCUT2D eigenvalue weighted by atomic mass is 10.2. The third-order valence-corrected chi connectivity index (χ3v) is 5.05. The second-order valence-corrected chi connectivity index (χ2v) is 7.82. The van der Waals surface area contributed by atoms with Crippen molar-refractivity contribution in [2.75, 3.05) is 31.6 Å². The molecule has 0 aromatic heterocycles. The number of nitrogens with one attached hydrogen (secondary N) is 1. The molecule has 0 unspecified atom stereocenters. The lowest BCUT2D eigenvalue weighted by Crippen LogP contribution is -2.38. The van der Waals surface area contributed by atoms with Gasteiger partial charge in [0.05, 0.1) is 12.3 Å². The van der Waals surface area contributed by atoms with Gasteiger partial charge >= 0.3 is 6.61 Å². The number of alkyl halides is 2. The van der Waals surface area contributed by atoms with Gasteiger partial charge in [0.2, 0.25) is 0 Å². The third-order valence-electron chi connectivity index (χ3n) is 3.37. The van der Waals surface area contributed by atoms with E-state index in [0.29, 0.717) is 19.0 Å². The fourth-order valence-electron chi connectivity index (χ4n) is 2.03. The number of hydrogen-bond acceptors (Lipinski definition) is 4. The lowest BCUT2D eigenvalue weighted by molar-refractivity contribution is -0.0498. The number of guanidine groups is 1. The van der Waals surface area contributed by atoms with Crippen LogP contribution in [-0.4, -0.2) is 57.5 Å². The Kier molecular flexibility index (Phi) is 8.60. The van der Waals surface area contributed by atoms with E-state index in [1.54, 1.807) is 19.1 Å². The minimum Gasteiger partial charge on any atom is -0.435 e. The molecule has 0 aliphatic carbocycles. The highest BCUT2D eigenvalue weighted by Crippen LogP contribution is 2.15. The number of benzene rings is 1. The summed E-state index contributed by atoms with van der Waals surface area (Å²) < 4.78 is 51.7. The molecule has 0 radical (unpaired) electrons. The standard InChI is InChI=1S/C16H25F2N3O3S/c1-4-19-16(20-10-11-25(22,23)5-2)21(3)12-13-6-8-14(9-7-13)24-15(17)18/h6-9,15H,4-5,10-12H2,1-3H3,(H,19,20). The number of hydrogen-bond donors (Lipinski definition) is 1. The van der Waals surface area contributed by atoms with Crippen LogP contribution in [0, 0.1) is 0 Å². The highest BCUT2D eigenvalue weighted by molar-refractivity contribution is 7.91. The Hall–Kier alpha value is -1.90. The molecule has 9 heteroatoms. The van der Waals surface area contributed by atoms with Crippen LogP contribution in [0.5, 0.6) is 5.75 Å². The first kappa shape index (κ1) is 21.1. The van der Waals surface area contributed by atoms with E-state index in [1.807, 2.05) is 18.9 Å². The van der Waals surface area contributed by atoms with E-state index in [4.69, 9.17) is 0 Å². The van der Waals surface area contributed by atoms with Gasteiger partial charge in [-0.15, -0.1) is 0 Å². The molecule has 1 N–H and O–H groups in total. The van der Waals surface area contributed by atoms with E-state index < -0.39 is 16.4 Å². The van der Waals surface area contributed by atoms with Gasteiger partial charge in [0.25, 0.3) is 0 Å². The molecule has 0 fully saturated rings. The SMILES string of the molecule is CCNC(=NCCS(=O)(=O)CC)N(C)Cc1ccc(OC(F)F)cc1. The van der Waals surface area contributed by atoms with Gasteiger partial charge in [-0.2, -0.15) is 8.78 Å². The molecule has 25 heavy (non-hydrogen) atoms. The van der Waals surface area contributed by atoms with E-state index in [-0.39, 0.29) is 23.8 Å². The van der Waals surface area contributed by atoms with Gasteiger partial charge in [0, 0.05) is 25.9 Å². The molecule has 142 valence electrons. The molecule has 0 amide bonds. The predicted molar refractivity (Wildman–Crippen MR) is 94.8 cm³/mol. The van der Waals surface area contributed by atoms with Gasteiger partial charge in [-0.05, 0) is 24.6 Å². The van der Waals surface area contributed by atoms with Crippen molar-refractivity contribution in [3.8, 4) is 5.75 Å². The summed E-state index contributed by atoms with van der Waals surface area (Å²) in [6.07, 6.45) is 0. The average Bonchev–Trinajstić information content (AvgIpc) is 2.55. The highest BCUT2D eigenvalue weighted by Gasteiger charge is 2.10. The van der Waals surface area contributed by atoms with Gasteiger partial charge in [-0.1, -0.05) is 19.1 Å². The number of aliphatic imine (C=N–C) groups is 1. The van der Waals surface area contributed by atoms with Crippen LogP contribution in [0.4, 0.5) is 8.78 Å². The molecule has 0 atom stereocenters. The van der Waals surface area contributed by atoms with Crippen LogP contribution in [0.2, 0.25) is 0 Å². The summed E-state index contributed by atoms with van der Waals surface area (Å²) in [5, 5.41) is 3.10. The van der Waals surface area contributed by atoms with Crippen LogP contribution < -0.4 is 10.1 Å². The monoisotopic (exact) mass is 377 g/mol. The topological polar surface area (TPSA) is 71.0 Å². The summed E-state index contributed by atoms with van der Waals surface area (Å²) in [6, 6.07) is 6.35. The fourth-order valence-corrected chi connectivity index (χ4v) is 2.69. The molecule has 0 aliphatic rings. The van der Waals surface area contributed by atoms with E-state index in [2.05, 4.69) is 15.0 Å². The van der Waals surface area contributed by atoms with E-state index in [9.17, 15) is 17.2 Å². The second-order valence-electron chi connectivity index (χ2n) is 5.35. The number of ether oxygens (including phenoxy) is 1. The zero-order valence-corrected chi connectivity index (χ0v) is 15.5. The van der Waals surface area contributed by atoms with Crippen molar-refractivity contribution in [3.05, 3.63) is 29.8 Å². The summed E-state index contributed by atoms with van der Waals surface area (Å²) in [5.41, 5.74) is 0.885. The number of nitrogens with zero attached hydrogens (tertiary/aromatic N) is 2. The largest absolute Gasteiger partial charge is 0.435 e. The molecule has 6 nitrogen and oxygen atoms in total. The molecule has 0 saturated carbocycles. The van der Waals surface area contributed by atoms with Gasteiger partial charge < -0.3 is 15.0 Å². The van der Waals surface area contributed by atoms with Gasteiger partial charge in [-0.25, -0.2) is 8.42 Å². The summed E-state index contributed by atoms with van der Waals surface area (Å²) in [6.45, 7) is 2.00. The highest BCUT2D eigenvalue weighted by atomic mass is 32.2. The second kappa shape index (κ2) is 10.2. The van der Waals surface area contributed by atoms with Crippen molar-refractivity contribution >= 4 is 15.8 Å². The Morgan fingerprint density at radius 1 is 1.28 bits per heavy atom. The number of rotatable bonds is 9. The summed E-state index contributed by atoms with van der Waals surface area (Å²) in [7, 11) is -1.24. The summed E-state index contributed by atoms with van der Waals surface area (Å²) in [4.78, 5) is 6.17. The van der Waals surface area contributed by atoms with Crippen molar-refractivity contribution in [1.29, 1.82) is 0 Å². The minimum atomic E-state index is -3.06. The Morgan fingerprint density at radius 3 is 2.44 bits per heavy atom. The molecule has 0 aliphatic heterocycles. The average molecular weight is 377 g/mol. The minimum absolute atomic E-state index is 0.00585. The Bertz CT molecular complexity index is 649. The van der Waals surface area contributed by atoms with E-state index >= 15 is 0 Å². The number of halogens is 2. The molecule has 0 heterocycles. The maximum atomic E-state index is 12.2. The molecule has 0 saturated heterocycles. The Labute approximate surface area is 147 Å². The molecular weight excluding hydrogens is 352 g/mol. The fraction of sp³-hybridized carbons (Fsp3) is 0.562. The molecule has 1 rings (SSSR count). The zero-order chi connectivity index (χ0) is 18.9. The van der Waals surface area contributed by atoms with Crippen molar-refractivity contribution in [3.63, 3.8) is 0 Å².